The molecule has 2 aromatic carbocycles. The van der Waals surface area contributed by atoms with E-state index in [2.05, 4.69) is 26.8 Å². The van der Waals surface area contributed by atoms with Crippen LogP contribution < -0.4 is 20.9 Å². The molecule has 200 valence electrons. The molecule has 0 saturated carbocycles. The van der Waals surface area contributed by atoms with Gasteiger partial charge >= 0.3 is 6.55 Å². The number of piperazine rings is 1. The van der Waals surface area contributed by atoms with E-state index in [0.29, 0.717) is 45.8 Å². The van der Waals surface area contributed by atoms with Gasteiger partial charge in [-0.25, -0.2) is 9.97 Å². The third-order valence-corrected chi connectivity index (χ3v) is 6.92. The van der Waals surface area contributed by atoms with Crippen molar-refractivity contribution in [2.24, 2.45) is 0 Å². The fourth-order valence-corrected chi connectivity index (χ4v) is 4.75. The molecule has 1 aliphatic rings. The van der Waals surface area contributed by atoms with E-state index in [-0.39, 0.29) is 17.2 Å². The largest absolute Gasteiger partial charge is 0.494 e. The van der Waals surface area contributed by atoms with Crippen molar-refractivity contribution in [1.29, 1.82) is 0 Å². The highest BCUT2D eigenvalue weighted by Crippen LogP contribution is 2.43. The van der Waals surface area contributed by atoms with Crippen molar-refractivity contribution in [3.05, 3.63) is 48.8 Å². The molecule has 1 aliphatic heterocycles. The number of ether oxygens (including phenoxy) is 2. The summed E-state index contributed by atoms with van der Waals surface area (Å²) in [7, 11) is 3.63. The number of fused-ring (bicyclic) bond motifs is 1. The number of nitrogen functional groups attached to an aromatic ring is 2. The molecule has 2 aromatic heterocycles. The molecule has 1 saturated heterocycles. The van der Waals surface area contributed by atoms with E-state index >= 15 is 0 Å². The van der Waals surface area contributed by atoms with Crippen LogP contribution in [-0.2, 0) is 0 Å². The third kappa shape index (κ3) is 4.94. The maximum atomic E-state index is 13.7. The van der Waals surface area contributed by atoms with Crippen molar-refractivity contribution in [3.8, 4) is 34.1 Å². The molecule has 4 aromatic rings. The van der Waals surface area contributed by atoms with Gasteiger partial charge in [-0.15, -0.1) is 0 Å². The molecule has 0 bridgehead atoms. The maximum absolute atomic E-state index is 13.7. The SMILES string of the molecule is COc1cc(OCCN2CCN(C)CC2)c(N)c(-c2nccc(-c3cn(C(F)F)c4ccccc34)n2)c1N. The molecule has 3 heterocycles. The summed E-state index contributed by atoms with van der Waals surface area (Å²) in [5.41, 5.74) is 15.3. The summed E-state index contributed by atoms with van der Waals surface area (Å²) >= 11 is 0. The molecule has 0 amide bonds. The van der Waals surface area contributed by atoms with Crippen LogP contribution in [0.4, 0.5) is 20.2 Å². The predicted molar refractivity (Wildman–Crippen MR) is 144 cm³/mol. The van der Waals surface area contributed by atoms with E-state index in [1.54, 1.807) is 42.6 Å². The van der Waals surface area contributed by atoms with Gasteiger partial charge in [0.05, 0.1) is 35.3 Å². The van der Waals surface area contributed by atoms with Crippen molar-refractivity contribution >= 4 is 22.3 Å². The fraction of sp³-hybridized carbons (Fsp3) is 0.333. The lowest BCUT2D eigenvalue weighted by Crippen LogP contribution is -2.45. The predicted octanol–water partition coefficient (Wildman–Crippen LogP) is 3.96. The van der Waals surface area contributed by atoms with Gasteiger partial charge in [-0.2, -0.15) is 8.78 Å². The van der Waals surface area contributed by atoms with E-state index < -0.39 is 6.55 Å². The molecular formula is C27H31F2N7O2. The highest BCUT2D eigenvalue weighted by Gasteiger charge is 2.22. The van der Waals surface area contributed by atoms with Gasteiger partial charge < -0.3 is 25.8 Å². The Balaban J connectivity index is 1.48. The maximum Gasteiger partial charge on any atom is 0.319 e. The second-order valence-electron chi connectivity index (χ2n) is 9.28. The summed E-state index contributed by atoms with van der Waals surface area (Å²) in [5, 5.41) is 0.650. The van der Waals surface area contributed by atoms with Crippen LogP contribution in [0, 0.1) is 0 Å². The number of nitrogens with zero attached hydrogens (tertiary/aromatic N) is 5. The minimum absolute atomic E-state index is 0.245. The van der Waals surface area contributed by atoms with Crippen molar-refractivity contribution in [1.82, 2.24) is 24.3 Å². The number of halogens is 2. The van der Waals surface area contributed by atoms with Gasteiger partial charge in [0.2, 0.25) is 0 Å². The van der Waals surface area contributed by atoms with Crippen LogP contribution in [0.5, 0.6) is 11.5 Å². The van der Waals surface area contributed by atoms with Crippen molar-refractivity contribution in [2.45, 2.75) is 6.55 Å². The van der Waals surface area contributed by atoms with Gasteiger partial charge in [0.15, 0.2) is 5.82 Å². The smallest absolute Gasteiger partial charge is 0.319 e. The van der Waals surface area contributed by atoms with Crippen LogP contribution in [0.1, 0.15) is 6.55 Å². The molecule has 5 rings (SSSR count). The zero-order valence-electron chi connectivity index (χ0n) is 21.4. The van der Waals surface area contributed by atoms with E-state index in [9.17, 15) is 8.78 Å². The summed E-state index contributed by atoms with van der Waals surface area (Å²) in [5.74, 6) is 1.05. The van der Waals surface area contributed by atoms with E-state index in [0.717, 1.165) is 37.3 Å². The molecule has 0 atom stereocenters. The van der Waals surface area contributed by atoms with Crippen LogP contribution in [0.3, 0.4) is 0 Å². The molecular weight excluding hydrogens is 492 g/mol. The average molecular weight is 524 g/mol. The molecule has 1 fully saturated rings. The Morgan fingerprint density at radius 2 is 1.76 bits per heavy atom. The molecule has 0 aliphatic carbocycles. The molecule has 0 radical (unpaired) electrons. The topological polar surface area (TPSA) is 108 Å². The Hall–Kier alpha value is -3.96. The lowest BCUT2D eigenvalue weighted by Gasteiger charge is -2.32. The molecule has 38 heavy (non-hydrogen) atoms. The second kappa shape index (κ2) is 10.8. The highest BCUT2D eigenvalue weighted by atomic mass is 19.3. The summed E-state index contributed by atoms with van der Waals surface area (Å²) in [6.07, 6.45) is 2.95. The van der Waals surface area contributed by atoms with Crippen LogP contribution in [-0.4, -0.2) is 77.8 Å². The molecule has 0 unspecified atom stereocenters. The number of anilines is 2. The first-order valence-electron chi connectivity index (χ1n) is 12.4. The number of nitrogens with two attached hydrogens (primary N) is 2. The van der Waals surface area contributed by atoms with E-state index in [1.807, 2.05) is 0 Å². The normalized spacial score (nSPS) is 14.9. The van der Waals surface area contributed by atoms with E-state index in [4.69, 9.17) is 20.9 Å². The Morgan fingerprint density at radius 3 is 2.50 bits per heavy atom. The molecule has 11 heteroatoms. The number of alkyl halides is 2. The summed E-state index contributed by atoms with van der Waals surface area (Å²) < 4.78 is 39.9. The van der Waals surface area contributed by atoms with Crippen LogP contribution in [0.25, 0.3) is 33.5 Å². The second-order valence-corrected chi connectivity index (χ2v) is 9.28. The third-order valence-electron chi connectivity index (χ3n) is 6.92. The number of aromatic nitrogens is 3. The number of benzene rings is 2. The summed E-state index contributed by atoms with van der Waals surface area (Å²) in [6.45, 7) is 2.51. The van der Waals surface area contributed by atoms with Crippen LogP contribution in [0.15, 0.2) is 48.8 Å². The van der Waals surface area contributed by atoms with Crippen LogP contribution >= 0.6 is 0 Å². The fourth-order valence-electron chi connectivity index (χ4n) is 4.75. The van der Waals surface area contributed by atoms with Crippen LogP contribution in [0.2, 0.25) is 0 Å². The van der Waals surface area contributed by atoms with Gasteiger partial charge in [0, 0.05) is 62.1 Å². The Labute approximate surface area is 219 Å². The van der Waals surface area contributed by atoms with E-state index in [1.165, 1.54) is 13.3 Å². The zero-order valence-corrected chi connectivity index (χ0v) is 21.4. The lowest BCUT2D eigenvalue weighted by atomic mass is 10.1. The van der Waals surface area contributed by atoms with Crippen molar-refractivity contribution < 1.29 is 18.3 Å². The summed E-state index contributed by atoms with van der Waals surface area (Å²) in [6, 6.07) is 10.3. The molecule has 4 N–H and O–H groups in total. The number of para-hydroxylation sites is 1. The monoisotopic (exact) mass is 523 g/mol. The first kappa shape index (κ1) is 25.7. The van der Waals surface area contributed by atoms with Crippen molar-refractivity contribution in [2.75, 3.05) is 65.0 Å². The minimum atomic E-state index is -2.69. The molecule has 0 spiro atoms. The average Bonchev–Trinajstić information content (AvgIpc) is 3.31. The number of rotatable bonds is 8. The first-order valence-corrected chi connectivity index (χ1v) is 12.4. The summed E-state index contributed by atoms with van der Waals surface area (Å²) in [4.78, 5) is 13.7. The number of methoxy groups -OCH3 is 1. The van der Waals surface area contributed by atoms with Gasteiger partial charge in [-0.1, -0.05) is 18.2 Å². The zero-order chi connectivity index (χ0) is 26.8. The number of hydrogen-bond acceptors (Lipinski definition) is 8. The van der Waals surface area contributed by atoms with Gasteiger partial charge in [-0.05, 0) is 19.2 Å². The minimum Gasteiger partial charge on any atom is -0.494 e. The number of hydrogen-bond donors (Lipinski definition) is 2. The van der Waals surface area contributed by atoms with Gasteiger partial charge in [0.25, 0.3) is 0 Å². The number of likely N-dealkylation sites (N-methyl/N-ethyl adjacent to an activating group) is 1. The Bertz CT molecular complexity index is 1430. The lowest BCUT2D eigenvalue weighted by molar-refractivity contribution is 0.0753. The van der Waals surface area contributed by atoms with Gasteiger partial charge in [-0.3, -0.25) is 9.47 Å². The van der Waals surface area contributed by atoms with Gasteiger partial charge in [0.1, 0.15) is 18.1 Å². The Morgan fingerprint density at radius 1 is 1.03 bits per heavy atom. The first-order chi connectivity index (χ1) is 18.4. The standard InChI is InChI=1S/C27H31F2N7O2/c1-34-9-11-35(12-10-34)13-14-38-22-15-21(37-2)24(30)23(25(22)31)26-32-8-7-19(33-26)18-16-36(27(28)29)20-6-4-3-5-17(18)20/h3-8,15-16,27H,9-14,30-31H2,1-2H3. The Kier molecular flexibility index (Phi) is 7.30. The quantitative estimate of drug-likeness (QED) is 0.334. The molecule has 9 nitrogen and oxygen atoms in total. The van der Waals surface area contributed by atoms with Crippen molar-refractivity contribution in [3.63, 3.8) is 0 Å². The highest BCUT2D eigenvalue weighted by molar-refractivity contribution is 5.96.